The highest BCUT2D eigenvalue weighted by atomic mass is 35.5. The fraction of sp³-hybridized carbons (Fsp3) is 0.200. The molecule has 1 aliphatic rings. The Balaban J connectivity index is 1.30. The smallest absolute Gasteiger partial charge is 0.280 e. The first-order chi connectivity index (χ1) is 14.9. The molecular weight excluding hydrogens is 458 g/mol. The third kappa shape index (κ3) is 3.93. The highest BCUT2D eigenvalue weighted by Crippen LogP contribution is 2.33. The van der Waals surface area contributed by atoms with Crippen molar-refractivity contribution >= 4 is 44.2 Å². The van der Waals surface area contributed by atoms with Crippen LogP contribution in [0, 0.1) is 0 Å². The van der Waals surface area contributed by atoms with Gasteiger partial charge in [0.25, 0.3) is 5.91 Å². The lowest BCUT2D eigenvalue weighted by Gasteiger charge is -2.06. The van der Waals surface area contributed by atoms with E-state index in [2.05, 4.69) is 20.4 Å². The minimum Gasteiger partial charge on any atom is -0.344 e. The molecule has 31 heavy (non-hydrogen) atoms. The number of hydrogen-bond acceptors (Lipinski definition) is 7. The highest BCUT2D eigenvalue weighted by Gasteiger charge is 2.37. The zero-order valence-electron chi connectivity index (χ0n) is 16.0. The molecule has 11 heteroatoms. The summed E-state index contributed by atoms with van der Waals surface area (Å²) in [5.74, 6) is -0.354. The maximum Gasteiger partial charge on any atom is 0.280 e. The molecule has 0 saturated heterocycles. The van der Waals surface area contributed by atoms with Gasteiger partial charge in [0.2, 0.25) is 0 Å². The molecule has 1 N–H and O–H groups in total. The Morgan fingerprint density at radius 2 is 2.06 bits per heavy atom. The van der Waals surface area contributed by atoms with E-state index in [1.165, 1.54) is 29.7 Å². The molecule has 0 aliphatic heterocycles. The molecule has 0 atom stereocenters. The summed E-state index contributed by atoms with van der Waals surface area (Å²) in [5, 5.41) is 7.62. The first-order valence-corrected chi connectivity index (χ1v) is 12.2. The fourth-order valence-electron chi connectivity index (χ4n) is 3.20. The first kappa shape index (κ1) is 20.1. The van der Waals surface area contributed by atoms with Crippen molar-refractivity contribution in [3.63, 3.8) is 0 Å². The van der Waals surface area contributed by atoms with Crippen LogP contribution in [0.1, 0.15) is 28.3 Å². The minimum atomic E-state index is -3.30. The monoisotopic (exact) mass is 473 g/mol. The van der Waals surface area contributed by atoms with Crippen LogP contribution < -0.4 is 5.32 Å². The zero-order chi connectivity index (χ0) is 21.6. The summed E-state index contributed by atoms with van der Waals surface area (Å²) in [6.07, 6.45) is 7.89. The number of amides is 1. The second-order valence-corrected chi connectivity index (χ2v) is 10.9. The summed E-state index contributed by atoms with van der Waals surface area (Å²) in [4.78, 5) is 22.0. The number of carbonyl (C=O) groups is 1. The highest BCUT2D eigenvalue weighted by molar-refractivity contribution is 7.92. The Morgan fingerprint density at radius 1 is 1.23 bits per heavy atom. The number of thiazole rings is 1. The Hall–Kier alpha value is -2.82. The number of halogens is 1. The lowest BCUT2D eigenvalue weighted by Crippen LogP contribution is -2.23. The molecule has 1 amide bonds. The van der Waals surface area contributed by atoms with Gasteiger partial charge in [-0.1, -0.05) is 11.6 Å². The second kappa shape index (κ2) is 7.70. The number of sulfone groups is 1. The van der Waals surface area contributed by atoms with Crippen molar-refractivity contribution in [3.8, 4) is 10.4 Å². The molecule has 1 aliphatic carbocycles. The summed E-state index contributed by atoms with van der Waals surface area (Å²) in [7, 11) is -3.30. The van der Waals surface area contributed by atoms with Crippen LogP contribution in [0.15, 0.2) is 53.9 Å². The maximum atomic E-state index is 12.6. The average Bonchev–Trinajstić information content (AvgIpc) is 3.38. The van der Waals surface area contributed by atoms with Gasteiger partial charge in [0.1, 0.15) is 0 Å². The quantitative estimate of drug-likeness (QED) is 0.460. The topological polar surface area (TPSA) is 106 Å². The van der Waals surface area contributed by atoms with Crippen LogP contribution in [0.5, 0.6) is 0 Å². The largest absolute Gasteiger partial charge is 0.344 e. The average molecular weight is 474 g/mol. The van der Waals surface area contributed by atoms with Crippen molar-refractivity contribution in [2.75, 3.05) is 0 Å². The zero-order valence-corrected chi connectivity index (χ0v) is 18.4. The van der Waals surface area contributed by atoms with Gasteiger partial charge in [0, 0.05) is 24.2 Å². The van der Waals surface area contributed by atoms with Gasteiger partial charge in [-0.3, -0.25) is 9.78 Å². The van der Waals surface area contributed by atoms with Gasteiger partial charge in [0.15, 0.2) is 14.8 Å². The Bertz CT molecular complexity index is 1410. The summed E-state index contributed by atoms with van der Waals surface area (Å²) in [6, 6.07) is 6.65. The molecule has 4 aromatic rings. The van der Waals surface area contributed by atoms with Crippen LogP contribution in [0.25, 0.3) is 16.0 Å². The molecule has 0 bridgehead atoms. The SMILES string of the molecule is O=C(NCc1cc(S(=O)(=O)C2CC2)ccn1)c1ncc(-c2cnn3cc(Cl)ccc23)s1. The normalized spacial score (nSPS) is 14.1. The number of rotatable bonds is 6. The molecule has 1 fully saturated rings. The van der Waals surface area contributed by atoms with Crippen LogP contribution >= 0.6 is 22.9 Å². The molecule has 0 radical (unpaired) electrons. The lowest BCUT2D eigenvalue weighted by atomic mass is 10.2. The van der Waals surface area contributed by atoms with E-state index in [4.69, 9.17) is 11.6 Å². The van der Waals surface area contributed by atoms with Gasteiger partial charge in [-0.05, 0) is 37.1 Å². The molecule has 0 aromatic carbocycles. The molecule has 4 heterocycles. The Labute approximate surface area is 186 Å². The van der Waals surface area contributed by atoms with Crippen LogP contribution in [0.4, 0.5) is 0 Å². The molecule has 158 valence electrons. The summed E-state index contributed by atoms with van der Waals surface area (Å²) in [6.45, 7) is 0.108. The van der Waals surface area contributed by atoms with Crippen LogP contribution in [0.3, 0.4) is 0 Å². The molecule has 0 spiro atoms. The first-order valence-electron chi connectivity index (χ1n) is 9.48. The van der Waals surface area contributed by atoms with Crippen molar-refractivity contribution in [2.45, 2.75) is 29.5 Å². The van der Waals surface area contributed by atoms with E-state index in [0.29, 0.717) is 28.6 Å². The number of nitrogens with zero attached hydrogens (tertiary/aromatic N) is 4. The van der Waals surface area contributed by atoms with Crippen LogP contribution in [0.2, 0.25) is 5.02 Å². The number of nitrogens with one attached hydrogen (secondary N) is 1. The predicted molar refractivity (Wildman–Crippen MR) is 117 cm³/mol. The van der Waals surface area contributed by atoms with Crippen molar-refractivity contribution < 1.29 is 13.2 Å². The van der Waals surface area contributed by atoms with E-state index >= 15 is 0 Å². The van der Waals surface area contributed by atoms with Crippen molar-refractivity contribution in [1.29, 1.82) is 0 Å². The van der Waals surface area contributed by atoms with Gasteiger partial charge in [-0.25, -0.2) is 17.9 Å². The number of carbonyl (C=O) groups excluding carboxylic acids is 1. The molecule has 5 rings (SSSR count). The second-order valence-electron chi connectivity index (χ2n) is 7.17. The van der Waals surface area contributed by atoms with E-state index in [1.54, 1.807) is 29.2 Å². The molecular formula is C20H16ClN5O3S2. The lowest BCUT2D eigenvalue weighted by molar-refractivity contribution is 0.0950. The number of hydrogen-bond donors (Lipinski definition) is 1. The van der Waals surface area contributed by atoms with Crippen molar-refractivity contribution in [1.82, 2.24) is 24.9 Å². The van der Waals surface area contributed by atoms with Gasteiger partial charge >= 0.3 is 0 Å². The van der Waals surface area contributed by atoms with Gasteiger partial charge in [-0.15, -0.1) is 11.3 Å². The van der Waals surface area contributed by atoms with Crippen molar-refractivity contribution in [3.05, 3.63) is 64.8 Å². The van der Waals surface area contributed by atoms with Gasteiger partial charge in [-0.2, -0.15) is 5.10 Å². The fourth-order valence-corrected chi connectivity index (χ4v) is 5.90. The predicted octanol–water partition coefficient (Wildman–Crippen LogP) is 3.37. The molecule has 1 saturated carbocycles. The minimum absolute atomic E-state index is 0.108. The molecule has 4 aromatic heterocycles. The van der Waals surface area contributed by atoms with E-state index in [9.17, 15) is 13.2 Å². The maximum absolute atomic E-state index is 12.6. The van der Waals surface area contributed by atoms with E-state index in [-0.39, 0.29) is 22.6 Å². The van der Waals surface area contributed by atoms with Gasteiger partial charge in [0.05, 0.1) is 44.0 Å². The van der Waals surface area contributed by atoms with Crippen LogP contribution in [-0.2, 0) is 16.4 Å². The Morgan fingerprint density at radius 3 is 2.87 bits per heavy atom. The third-order valence-corrected chi connectivity index (χ3v) is 8.47. The number of aromatic nitrogens is 4. The van der Waals surface area contributed by atoms with Gasteiger partial charge < -0.3 is 5.32 Å². The summed E-state index contributed by atoms with van der Waals surface area (Å²) in [5.41, 5.74) is 2.19. The van der Waals surface area contributed by atoms with E-state index in [0.717, 1.165) is 16.0 Å². The van der Waals surface area contributed by atoms with Crippen molar-refractivity contribution in [2.24, 2.45) is 0 Å². The summed E-state index contributed by atoms with van der Waals surface area (Å²) >= 11 is 7.24. The van der Waals surface area contributed by atoms with Crippen LogP contribution in [-0.4, -0.2) is 39.2 Å². The number of pyridine rings is 2. The standard InChI is InChI=1S/C20H16ClN5O3S2/c21-12-1-4-17-16(9-25-26(17)11-12)18-10-24-20(30-18)19(27)23-8-13-7-15(5-6-22-13)31(28,29)14-2-3-14/h1,4-7,9-11,14H,2-3,8H2,(H,23,27). The Kier molecular flexibility index (Phi) is 4.99. The van der Waals surface area contributed by atoms with E-state index < -0.39 is 9.84 Å². The third-order valence-electron chi connectivity index (χ3n) is 4.96. The molecule has 0 unspecified atom stereocenters. The van der Waals surface area contributed by atoms with E-state index in [1.807, 2.05) is 6.07 Å². The summed E-state index contributed by atoms with van der Waals surface area (Å²) < 4.78 is 26.5. The molecule has 8 nitrogen and oxygen atoms in total. The number of fused-ring (bicyclic) bond motifs is 1.